The first-order valence-electron chi connectivity index (χ1n) is 7.38. The molecule has 0 amide bonds. The number of fused-ring (bicyclic) bond motifs is 1. The highest BCUT2D eigenvalue weighted by molar-refractivity contribution is 7.87. The third kappa shape index (κ3) is 3.32. The molecule has 0 aromatic carbocycles. The lowest BCUT2D eigenvalue weighted by Crippen LogP contribution is -2.19. The van der Waals surface area contributed by atoms with E-state index in [4.69, 9.17) is 8.92 Å². The largest absolute Gasteiger partial charge is 0.355 e. The van der Waals surface area contributed by atoms with Gasteiger partial charge in [-0.05, 0) is 29.5 Å². The maximum absolute atomic E-state index is 12.6. The summed E-state index contributed by atoms with van der Waals surface area (Å²) in [6.07, 6.45) is -0.311. The van der Waals surface area contributed by atoms with Gasteiger partial charge >= 0.3 is 0 Å². The van der Waals surface area contributed by atoms with Crippen LogP contribution in [0.5, 0.6) is 0 Å². The van der Waals surface area contributed by atoms with E-state index >= 15 is 0 Å². The lowest BCUT2D eigenvalue weighted by molar-refractivity contribution is -0.0503. The molecule has 0 radical (unpaired) electrons. The average molecular weight is 322 g/mol. The topological polar surface area (TPSA) is 52.6 Å². The van der Waals surface area contributed by atoms with Crippen LogP contribution in [-0.4, -0.2) is 21.8 Å². The molecule has 0 aliphatic heterocycles. The summed E-state index contributed by atoms with van der Waals surface area (Å²) in [5.41, 5.74) is 2.62. The van der Waals surface area contributed by atoms with Crippen LogP contribution in [0.4, 0.5) is 0 Å². The second-order valence-electron chi connectivity index (χ2n) is 5.48. The zero-order chi connectivity index (χ0) is 16.3. The Balaban J connectivity index is 2.57. The minimum absolute atomic E-state index is 0.206. The van der Waals surface area contributed by atoms with Gasteiger partial charge in [-0.3, -0.25) is 0 Å². The van der Waals surface area contributed by atoms with Crippen LogP contribution in [0.15, 0.2) is 41.3 Å². The highest BCUT2D eigenvalue weighted by Crippen LogP contribution is 2.39. The highest BCUT2D eigenvalue weighted by Gasteiger charge is 2.28. The molecule has 0 fully saturated rings. The van der Waals surface area contributed by atoms with Crippen molar-refractivity contribution in [3.8, 4) is 11.1 Å². The van der Waals surface area contributed by atoms with Crippen molar-refractivity contribution in [2.75, 3.05) is 7.11 Å². The fraction of sp³-hybridized carbons (Fsp3) is 0.412. The molecule has 0 aromatic heterocycles. The van der Waals surface area contributed by atoms with Gasteiger partial charge in [0.15, 0.2) is 6.29 Å². The smallest absolute Gasteiger partial charge is 0.300 e. The van der Waals surface area contributed by atoms with Crippen LogP contribution in [-0.2, 0) is 19.0 Å². The van der Waals surface area contributed by atoms with Crippen molar-refractivity contribution in [3.05, 3.63) is 42.0 Å². The van der Waals surface area contributed by atoms with Gasteiger partial charge in [-0.1, -0.05) is 51.1 Å². The molecule has 5 heteroatoms. The molecule has 0 spiro atoms. The summed E-state index contributed by atoms with van der Waals surface area (Å²) in [6.45, 7) is 5.90. The molecule has 0 saturated heterocycles. The molecule has 1 atom stereocenters. The fourth-order valence-electron chi connectivity index (χ4n) is 2.46. The summed E-state index contributed by atoms with van der Waals surface area (Å²) >= 11 is 0. The Morgan fingerprint density at radius 2 is 1.73 bits per heavy atom. The van der Waals surface area contributed by atoms with Gasteiger partial charge in [-0.25, -0.2) is 4.18 Å². The zero-order valence-electron chi connectivity index (χ0n) is 13.4. The second-order valence-corrected chi connectivity index (χ2v) is 7.02. The number of methoxy groups -OCH3 is 1. The first-order valence-corrected chi connectivity index (χ1v) is 8.79. The van der Waals surface area contributed by atoms with Crippen LogP contribution in [0.1, 0.15) is 38.7 Å². The van der Waals surface area contributed by atoms with Crippen molar-refractivity contribution in [2.45, 2.75) is 44.3 Å². The second kappa shape index (κ2) is 6.77. The van der Waals surface area contributed by atoms with E-state index in [1.165, 1.54) is 7.11 Å². The minimum atomic E-state index is -3.88. The molecule has 4 nitrogen and oxygen atoms in total. The van der Waals surface area contributed by atoms with Crippen LogP contribution in [0.2, 0.25) is 0 Å². The standard InChI is InChI=1S/C17H22O4S/c1-5-17(20-4)21-22(18,19)16-11-15(12(2)3)13-9-7-6-8-10-14(13)16/h6-12,17H,5H2,1-4H3. The molecule has 22 heavy (non-hydrogen) atoms. The van der Waals surface area contributed by atoms with E-state index < -0.39 is 16.4 Å². The predicted molar refractivity (Wildman–Crippen MR) is 86.5 cm³/mol. The van der Waals surface area contributed by atoms with Gasteiger partial charge in [0.05, 0.1) is 0 Å². The number of rotatable bonds is 6. The van der Waals surface area contributed by atoms with E-state index in [1.54, 1.807) is 6.07 Å². The van der Waals surface area contributed by atoms with Crippen molar-refractivity contribution >= 4 is 10.1 Å². The molecule has 1 unspecified atom stereocenters. The average Bonchev–Trinajstić information content (AvgIpc) is 2.68. The lowest BCUT2D eigenvalue weighted by atomic mass is 10.0. The summed E-state index contributed by atoms with van der Waals surface area (Å²) in [4.78, 5) is 0.206. The molecular formula is C17H22O4S. The zero-order valence-corrected chi connectivity index (χ0v) is 14.2. The van der Waals surface area contributed by atoms with Crippen LogP contribution < -0.4 is 0 Å². The Labute approximate surface area is 132 Å². The van der Waals surface area contributed by atoms with E-state index in [0.29, 0.717) is 12.0 Å². The minimum Gasteiger partial charge on any atom is -0.355 e. The van der Waals surface area contributed by atoms with Gasteiger partial charge in [0.2, 0.25) is 0 Å². The summed E-state index contributed by atoms with van der Waals surface area (Å²) < 4.78 is 35.5. The van der Waals surface area contributed by atoms with Crippen molar-refractivity contribution in [2.24, 2.45) is 0 Å². The van der Waals surface area contributed by atoms with Gasteiger partial charge in [0, 0.05) is 12.7 Å². The summed E-state index contributed by atoms with van der Waals surface area (Å²) in [6, 6.07) is 11.1. The Hall–Kier alpha value is -1.43. The van der Waals surface area contributed by atoms with Crippen LogP contribution in [0, 0.1) is 0 Å². The van der Waals surface area contributed by atoms with Gasteiger partial charge < -0.3 is 4.74 Å². The van der Waals surface area contributed by atoms with E-state index in [-0.39, 0.29) is 10.8 Å². The Kier molecular flexibility index (Phi) is 5.21. The van der Waals surface area contributed by atoms with E-state index in [0.717, 1.165) is 11.1 Å². The van der Waals surface area contributed by atoms with Gasteiger partial charge in [-0.2, -0.15) is 8.42 Å². The highest BCUT2D eigenvalue weighted by atomic mass is 32.2. The van der Waals surface area contributed by atoms with E-state index in [2.05, 4.69) is 0 Å². The lowest BCUT2D eigenvalue weighted by Gasteiger charge is -2.13. The number of hydrogen-bond donors (Lipinski definition) is 0. The Bertz CT molecular complexity index is 703. The van der Waals surface area contributed by atoms with Gasteiger partial charge in [-0.15, -0.1) is 0 Å². The summed E-state index contributed by atoms with van der Waals surface area (Å²) in [5, 5.41) is 0. The molecule has 0 saturated carbocycles. The first-order chi connectivity index (χ1) is 10.4. The van der Waals surface area contributed by atoms with E-state index in [9.17, 15) is 8.42 Å². The number of ether oxygens (including phenoxy) is 1. The summed E-state index contributed by atoms with van der Waals surface area (Å²) in [5.74, 6) is 0.221. The molecule has 0 heterocycles. The maximum atomic E-state index is 12.6. The predicted octanol–water partition coefficient (Wildman–Crippen LogP) is 4.00. The van der Waals surface area contributed by atoms with Gasteiger partial charge in [0.25, 0.3) is 10.1 Å². The van der Waals surface area contributed by atoms with Crippen molar-refractivity contribution in [3.63, 3.8) is 0 Å². The molecule has 2 aliphatic carbocycles. The summed E-state index contributed by atoms with van der Waals surface area (Å²) in [7, 11) is -2.44. The quantitative estimate of drug-likeness (QED) is 0.596. The molecule has 0 aromatic rings. The maximum Gasteiger partial charge on any atom is 0.300 e. The van der Waals surface area contributed by atoms with Crippen LogP contribution in [0.3, 0.4) is 0 Å². The third-order valence-electron chi connectivity index (χ3n) is 3.62. The molecular weight excluding hydrogens is 300 g/mol. The van der Waals surface area contributed by atoms with Crippen molar-refractivity contribution in [1.82, 2.24) is 0 Å². The van der Waals surface area contributed by atoms with Gasteiger partial charge in [0.1, 0.15) is 4.90 Å². The van der Waals surface area contributed by atoms with Crippen LogP contribution >= 0.6 is 0 Å². The molecule has 2 rings (SSSR count). The fourth-order valence-corrected chi connectivity index (χ4v) is 3.78. The SMILES string of the molecule is CCC(OC)OS(=O)(=O)c1cc(C(C)C)c2cccccc1-2. The molecule has 120 valence electrons. The van der Waals surface area contributed by atoms with Crippen molar-refractivity contribution < 1.29 is 17.3 Å². The third-order valence-corrected chi connectivity index (χ3v) is 4.97. The van der Waals surface area contributed by atoms with Crippen molar-refractivity contribution in [1.29, 1.82) is 0 Å². The molecule has 0 N–H and O–H groups in total. The normalized spacial score (nSPS) is 13.7. The van der Waals surface area contributed by atoms with Crippen LogP contribution in [0.25, 0.3) is 11.1 Å². The Morgan fingerprint density at radius 3 is 2.27 bits per heavy atom. The number of hydrogen-bond acceptors (Lipinski definition) is 4. The molecule has 0 bridgehead atoms. The molecule has 2 aliphatic rings. The first kappa shape index (κ1) is 16.9. The van der Waals surface area contributed by atoms with E-state index in [1.807, 2.05) is 51.1 Å². The monoisotopic (exact) mass is 322 g/mol. The Morgan fingerprint density at radius 1 is 1.09 bits per heavy atom.